The summed E-state index contributed by atoms with van der Waals surface area (Å²) in [5, 5.41) is 3.10. The summed E-state index contributed by atoms with van der Waals surface area (Å²) in [5.41, 5.74) is 1.34. The molecule has 22 heavy (non-hydrogen) atoms. The fraction of sp³-hybridized carbons (Fsp3) is 0.688. The average Bonchev–Trinajstić information content (AvgIpc) is 3.00. The van der Waals surface area contributed by atoms with Crippen molar-refractivity contribution in [1.82, 2.24) is 20.2 Å². The van der Waals surface area contributed by atoms with Gasteiger partial charge >= 0.3 is 0 Å². The van der Waals surface area contributed by atoms with Crippen LogP contribution in [0.1, 0.15) is 41.9 Å². The Labute approximate surface area is 131 Å². The van der Waals surface area contributed by atoms with Crippen LogP contribution in [0.4, 0.5) is 5.95 Å². The van der Waals surface area contributed by atoms with E-state index in [2.05, 4.69) is 32.1 Å². The van der Waals surface area contributed by atoms with Gasteiger partial charge in [-0.15, -0.1) is 0 Å². The smallest absolute Gasteiger partial charge is 0.270 e. The maximum Gasteiger partial charge on any atom is 0.270 e. The normalized spacial score (nSPS) is 20.4. The molecule has 3 rings (SSSR count). The lowest BCUT2D eigenvalue weighted by atomic mass is 10.2. The highest BCUT2D eigenvalue weighted by atomic mass is 16.1. The number of nitrogens with one attached hydrogen (secondary N) is 1. The Morgan fingerprint density at radius 2 is 1.86 bits per heavy atom. The van der Waals surface area contributed by atoms with Crippen molar-refractivity contribution in [2.75, 3.05) is 38.1 Å². The van der Waals surface area contributed by atoms with Crippen molar-refractivity contribution in [3.8, 4) is 0 Å². The number of aromatic nitrogens is 2. The molecule has 1 aromatic heterocycles. The molecular weight excluding hydrogens is 278 g/mol. The number of amides is 1. The van der Waals surface area contributed by atoms with Gasteiger partial charge < -0.3 is 15.1 Å². The van der Waals surface area contributed by atoms with Gasteiger partial charge in [0, 0.05) is 37.9 Å². The predicted molar refractivity (Wildman–Crippen MR) is 86.2 cm³/mol. The minimum Gasteiger partial charge on any atom is -0.348 e. The van der Waals surface area contributed by atoms with Gasteiger partial charge in [-0.05, 0) is 32.9 Å². The molecule has 1 aliphatic heterocycles. The lowest BCUT2D eigenvalue weighted by Crippen LogP contribution is -2.45. The number of nitrogens with zero attached hydrogens (tertiary/aromatic N) is 4. The van der Waals surface area contributed by atoms with Crippen LogP contribution in [0.2, 0.25) is 0 Å². The minimum absolute atomic E-state index is 0.0622. The second kappa shape index (κ2) is 6.60. The van der Waals surface area contributed by atoms with Crippen molar-refractivity contribution < 1.29 is 4.79 Å². The van der Waals surface area contributed by atoms with Gasteiger partial charge in [0.15, 0.2) is 0 Å². The van der Waals surface area contributed by atoms with E-state index in [9.17, 15) is 4.79 Å². The molecule has 120 valence electrons. The van der Waals surface area contributed by atoms with Gasteiger partial charge in [-0.3, -0.25) is 4.79 Å². The summed E-state index contributed by atoms with van der Waals surface area (Å²) in [5.74, 6) is 0.623. The Balaban J connectivity index is 1.72. The van der Waals surface area contributed by atoms with Crippen molar-refractivity contribution in [3.05, 3.63) is 17.5 Å². The van der Waals surface area contributed by atoms with Crippen LogP contribution in [0.5, 0.6) is 0 Å². The number of hydrogen-bond acceptors (Lipinski definition) is 5. The Morgan fingerprint density at radius 3 is 2.55 bits per heavy atom. The van der Waals surface area contributed by atoms with Crippen molar-refractivity contribution in [1.29, 1.82) is 0 Å². The molecule has 2 heterocycles. The molecule has 0 aromatic carbocycles. The third kappa shape index (κ3) is 3.55. The number of likely N-dealkylation sites (N-methyl/N-ethyl adjacent to an activating group) is 1. The third-order valence-electron chi connectivity index (χ3n) is 4.55. The number of carbonyl (C=O) groups excluding carboxylic acids is 1. The summed E-state index contributed by atoms with van der Waals surface area (Å²) in [7, 11) is 2.12. The number of hydrogen-bond donors (Lipinski definition) is 1. The van der Waals surface area contributed by atoms with Crippen LogP contribution < -0.4 is 10.2 Å². The Bertz CT molecular complexity index is 533. The quantitative estimate of drug-likeness (QED) is 0.909. The molecule has 0 spiro atoms. The van der Waals surface area contributed by atoms with E-state index in [-0.39, 0.29) is 5.91 Å². The summed E-state index contributed by atoms with van der Waals surface area (Å²) in [4.78, 5) is 25.9. The van der Waals surface area contributed by atoms with E-state index in [0.717, 1.165) is 44.7 Å². The largest absolute Gasteiger partial charge is 0.348 e. The van der Waals surface area contributed by atoms with Crippen molar-refractivity contribution in [3.63, 3.8) is 0 Å². The van der Waals surface area contributed by atoms with Gasteiger partial charge in [-0.25, -0.2) is 9.97 Å². The summed E-state index contributed by atoms with van der Waals surface area (Å²) in [6, 6.07) is 2.10. The van der Waals surface area contributed by atoms with Gasteiger partial charge in [-0.2, -0.15) is 0 Å². The number of anilines is 1. The first-order valence-electron chi connectivity index (χ1n) is 8.22. The van der Waals surface area contributed by atoms with Gasteiger partial charge in [0.05, 0.1) is 0 Å². The highest BCUT2D eigenvalue weighted by Crippen LogP contribution is 2.18. The monoisotopic (exact) mass is 303 g/mol. The molecule has 0 unspecified atom stereocenters. The zero-order valence-electron chi connectivity index (χ0n) is 13.5. The van der Waals surface area contributed by atoms with E-state index in [1.807, 2.05) is 6.92 Å². The van der Waals surface area contributed by atoms with Crippen molar-refractivity contribution in [2.24, 2.45) is 0 Å². The van der Waals surface area contributed by atoms with Crippen LogP contribution in [0.3, 0.4) is 0 Å². The molecule has 1 aromatic rings. The molecule has 0 atom stereocenters. The molecule has 1 N–H and O–H groups in total. The van der Waals surface area contributed by atoms with Crippen molar-refractivity contribution >= 4 is 11.9 Å². The molecule has 1 aliphatic carbocycles. The second-order valence-corrected chi connectivity index (χ2v) is 6.44. The Kier molecular flexibility index (Phi) is 4.57. The topological polar surface area (TPSA) is 61.4 Å². The van der Waals surface area contributed by atoms with Crippen LogP contribution in [-0.2, 0) is 0 Å². The number of aryl methyl sites for hydroxylation is 1. The number of rotatable bonds is 3. The molecule has 2 aliphatic rings. The average molecular weight is 303 g/mol. The fourth-order valence-corrected chi connectivity index (χ4v) is 3.15. The summed E-state index contributed by atoms with van der Waals surface area (Å²) in [6.07, 6.45) is 4.59. The molecule has 1 amide bonds. The first-order chi connectivity index (χ1) is 10.6. The van der Waals surface area contributed by atoms with E-state index in [4.69, 9.17) is 0 Å². The molecule has 1 saturated heterocycles. The maximum atomic E-state index is 12.4. The molecule has 6 heteroatoms. The zero-order chi connectivity index (χ0) is 15.5. The van der Waals surface area contributed by atoms with Gasteiger partial charge in [-0.1, -0.05) is 12.8 Å². The second-order valence-electron chi connectivity index (χ2n) is 6.44. The maximum absolute atomic E-state index is 12.4. The lowest BCUT2D eigenvalue weighted by Gasteiger charge is -2.32. The van der Waals surface area contributed by atoms with E-state index in [0.29, 0.717) is 17.7 Å². The van der Waals surface area contributed by atoms with Crippen LogP contribution in [0.25, 0.3) is 0 Å². The number of carbonyl (C=O) groups is 1. The van der Waals surface area contributed by atoms with E-state index >= 15 is 0 Å². The van der Waals surface area contributed by atoms with Crippen LogP contribution in [0.15, 0.2) is 6.07 Å². The van der Waals surface area contributed by atoms with E-state index in [1.54, 1.807) is 6.07 Å². The SMILES string of the molecule is Cc1cc(C(=O)NC2CCCC2)nc(N2CCN(C)CC2)n1. The van der Waals surface area contributed by atoms with E-state index in [1.165, 1.54) is 12.8 Å². The first kappa shape index (κ1) is 15.2. The molecule has 6 nitrogen and oxygen atoms in total. The van der Waals surface area contributed by atoms with Crippen LogP contribution >= 0.6 is 0 Å². The summed E-state index contributed by atoms with van der Waals surface area (Å²) in [6.45, 7) is 5.74. The minimum atomic E-state index is -0.0622. The first-order valence-corrected chi connectivity index (χ1v) is 8.22. The molecule has 2 fully saturated rings. The summed E-state index contributed by atoms with van der Waals surface area (Å²) >= 11 is 0. The van der Waals surface area contributed by atoms with E-state index < -0.39 is 0 Å². The molecule has 0 bridgehead atoms. The van der Waals surface area contributed by atoms with Gasteiger partial charge in [0.1, 0.15) is 5.69 Å². The Morgan fingerprint density at radius 1 is 1.18 bits per heavy atom. The molecular formula is C16H25N5O. The Hall–Kier alpha value is -1.69. The fourth-order valence-electron chi connectivity index (χ4n) is 3.15. The molecule has 1 saturated carbocycles. The van der Waals surface area contributed by atoms with Crippen LogP contribution in [-0.4, -0.2) is 60.0 Å². The molecule has 0 radical (unpaired) electrons. The predicted octanol–water partition coefficient (Wildman–Crippen LogP) is 1.21. The van der Waals surface area contributed by atoms with Gasteiger partial charge in [0.2, 0.25) is 5.95 Å². The summed E-state index contributed by atoms with van der Waals surface area (Å²) < 4.78 is 0. The van der Waals surface area contributed by atoms with Gasteiger partial charge in [0.25, 0.3) is 5.91 Å². The lowest BCUT2D eigenvalue weighted by molar-refractivity contribution is 0.0932. The van der Waals surface area contributed by atoms with Crippen LogP contribution in [0, 0.1) is 6.92 Å². The number of piperazine rings is 1. The zero-order valence-corrected chi connectivity index (χ0v) is 13.5. The van der Waals surface area contributed by atoms with Crippen molar-refractivity contribution in [2.45, 2.75) is 38.6 Å². The highest BCUT2D eigenvalue weighted by Gasteiger charge is 2.21. The highest BCUT2D eigenvalue weighted by molar-refractivity contribution is 5.92. The standard InChI is InChI=1S/C16H25N5O/c1-12-11-14(15(22)18-13-5-3-4-6-13)19-16(17-12)21-9-7-20(2)8-10-21/h11,13H,3-10H2,1-2H3,(H,18,22). The third-order valence-corrected chi connectivity index (χ3v) is 4.55.